The molecule has 1 heterocycles. The van der Waals surface area contributed by atoms with Crippen molar-refractivity contribution in [2.75, 3.05) is 24.6 Å². The third-order valence-electron chi connectivity index (χ3n) is 3.65. The summed E-state index contributed by atoms with van der Waals surface area (Å²) in [6.07, 6.45) is 1.85. The third kappa shape index (κ3) is 3.61. The SMILES string of the molecule is CC(C)Oc1ccc(N2CCC(N)(CO)CC2)cc1. The molecule has 0 bridgehead atoms. The molecule has 1 fully saturated rings. The molecule has 0 atom stereocenters. The number of nitrogens with two attached hydrogens (primary N) is 1. The van der Waals surface area contributed by atoms with Crippen LogP contribution in [0, 0.1) is 0 Å². The van der Waals surface area contributed by atoms with Crippen LogP contribution < -0.4 is 15.4 Å². The minimum absolute atomic E-state index is 0.0714. The van der Waals surface area contributed by atoms with Crippen molar-refractivity contribution in [2.24, 2.45) is 5.73 Å². The maximum Gasteiger partial charge on any atom is 0.119 e. The van der Waals surface area contributed by atoms with Crippen molar-refractivity contribution in [2.45, 2.75) is 38.3 Å². The lowest BCUT2D eigenvalue weighted by Crippen LogP contribution is -2.52. The largest absolute Gasteiger partial charge is 0.491 e. The van der Waals surface area contributed by atoms with Gasteiger partial charge in [-0.25, -0.2) is 0 Å². The van der Waals surface area contributed by atoms with Crippen molar-refractivity contribution in [3.63, 3.8) is 0 Å². The molecule has 1 saturated heterocycles. The number of hydrogen-bond donors (Lipinski definition) is 2. The Morgan fingerprint density at radius 1 is 1.26 bits per heavy atom. The summed E-state index contributed by atoms with van der Waals surface area (Å²) in [5.41, 5.74) is 6.88. The zero-order valence-electron chi connectivity index (χ0n) is 11.8. The molecule has 0 aromatic heterocycles. The van der Waals surface area contributed by atoms with Crippen LogP contribution in [0.25, 0.3) is 0 Å². The van der Waals surface area contributed by atoms with Gasteiger partial charge in [0.25, 0.3) is 0 Å². The molecule has 1 aromatic carbocycles. The van der Waals surface area contributed by atoms with E-state index >= 15 is 0 Å². The van der Waals surface area contributed by atoms with Gasteiger partial charge in [-0.05, 0) is 51.0 Å². The molecule has 4 heteroatoms. The predicted octanol–water partition coefficient (Wildman–Crippen LogP) is 1.76. The zero-order valence-corrected chi connectivity index (χ0v) is 11.8. The molecular formula is C15H24N2O2. The number of nitrogens with zero attached hydrogens (tertiary/aromatic N) is 1. The van der Waals surface area contributed by atoms with Gasteiger partial charge in [-0.15, -0.1) is 0 Å². The van der Waals surface area contributed by atoms with E-state index in [9.17, 15) is 5.11 Å². The Labute approximate surface area is 115 Å². The number of hydrogen-bond acceptors (Lipinski definition) is 4. The maximum atomic E-state index is 9.27. The zero-order chi connectivity index (χ0) is 13.9. The summed E-state index contributed by atoms with van der Waals surface area (Å²) < 4.78 is 5.64. The summed E-state index contributed by atoms with van der Waals surface area (Å²) in [7, 11) is 0. The second kappa shape index (κ2) is 5.80. The Morgan fingerprint density at radius 3 is 2.32 bits per heavy atom. The molecular weight excluding hydrogens is 240 g/mol. The summed E-state index contributed by atoms with van der Waals surface area (Å²) in [4.78, 5) is 2.31. The van der Waals surface area contributed by atoms with Gasteiger partial charge in [0.1, 0.15) is 5.75 Å². The highest BCUT2D eigenvalue weighted by Crippen LogP contribution is 2.26. The molecule has 0 unspecified atom stereocenters. The molecule has 0 saturated carbocycles. The Hall–Kier alpha value is -1.26. The highest BCUT2D eigenvalue weighted by Gasteiger charge is 2.29. The van der Waals surface area contributed by atoms with Gasteiger partial charge in [0.15, 0.2) is 0 Å². The lowest BCUT2D eigenvalue weighted by Gasteiger charge is -2.39. The minimum Gasteiger partial charge on any atom is -0.491 e. The number of piperidine rings is 1. The van der Waals surface area contributed by atoms with Crippen molar-refractivity contribution in [1.29, 1.82) is 0 Å². The number of benzene rings is 1. The summed E-state index contributed by atoms with van der Waals surface area (Å²) in [6, 6.07) is 8.18. The second-order valence-electron chi connectivity index (χ2n) is 5.67. The van der Waals surface area contributed by atoms with Crippen LogP contribution in [0.3, 0.4) is 0 Å². The topological polar surface area (TPSA) is 58.7 Å². The Bertz CT molecular complexity index is 395. The van der Waals surface area contributed by atoms with Crippen molar-refractivity contribution in [1.82, 2.24) is 0 Å². The minimum atomic E-state index is -0.392. The molecule has 19 heavy (non-hydrogen) atoms. The van der Waals surface area contributed by atoms with E-state index in [2.05, 4.69) is 17.0 Å². The van der Waals surface area contributed by atoms with Crippen LogP contribution in [-0.2, 0) is 0 Å². The summed E-state index contributed by atoms with van der Waals surface area (Å²) in [5, 5.41) is 9.27. The fourth-order valence-corrected chi connectivity index (χ4v) is 2.38. The van der Waals surface area contributed by atoms with E-state index in [1.807, 2.05) is 26.0 Å². The number of aliphatic hydroxyl groups excluding tert-OH is 1. The molecule has 2 rings (SSSR count). The van der Waals surface area contributed by atoms with Gasteiger partial charge in [0, 0.05) is 24.3 Å². The monoisotopic (exact) mass is 264 g/mol. The normalized spacial score (nSPS) is 18.7. The van der Waals surface area contributed by atoms with Crippen molar-refractivity contribution in [3.05, 3.63) is 24.3 Å². The third-order valence-corrected chi connectivity index (χ3v) is 3.65. The predicted molar refractivity (Wildman–Crippen MR) is 77.7 cm³/mol. The molecule has 3 N–H and O–H groups in total. The fourth-order valence-electron chi connectivity index (χ4n) is 2.38. The van der Waals surface area contributed by atoms with E-state index in [4.69, 9.17) is 10.5 Å². The van der Waals surface area contributed by atoms with Gasteiger partial charge in [0.05, 0.1) is 12.7 Å². The quantitative estimate of drug-likeness (QED) is 0.870. The van der Waals surface area contributed by atoms with Gasteiger partial charge in [0.2, 0.25) is 0 Å². The number of anilines is 1. The first-order chi connectivity index (χ1) is 9.02. The van der Waals surface area contributed by atoms with Crippen LogP contribution in [0.15, 0.2) is 24.3 Å². The van der Waals surface area contributed by atoms with E-state index in [0.717, 1.165) is 31.7 Å². The second-order valence-corrected chi connectivity index (χ2v) is 5.67. The van der Waals surface area contributed by atoms with Crippen LogP contribution in [0.4, 0.5) is 5.69 Å². The maximum absolute atomic E-state index is 9.27. The summed E-state index contributed by atoms with van der Waals surface area (Å²) >= 11 is 0. The fraction of sp³-hybridized carbons (Fsp3) is 0.600. The molecule has 0 spiro atoms. The van der Waals surface area contributed by atoms with Gasteiger partial charge >= 0.3 is 0 Å². The molecule has 0 radical (unpaired) electrons. The highest BCUT2D eigenvalue weighted by molar-refractivity contribution is 5.49. The lowest BCUT2D eigenvalue weighted by atomic mass is 9.89. The first-order valence-corrected chi connectivity index (χ1v) is 6.94. The van der Waals surface area contributed by atoms with Gasteiger partial charge < -0.3 is 20.5 Å². The highest BCUT2D eigenvalue weighted by atomic mass is 16.5. The first-order valence-electron chi connectivity index (χ1n) is 6.94. The van der Waals surface area contributed by atoms with Crippen molar-refractivity contribution >= 4 is 5.69 Å². The Morgan fingerprint density at radius 2 is 1.84 bits per heavy atom. The van der Waals surface area contributed by atoms with Gasteiger partial charge in [-0.1, -0.05) is 0 Å². The summed E-state index contributed by atoms with van der Waals surface area (Å²) in [5.74, 6) is 0.902. The number of ether oxygens (including phenoxy) is 1. The molecule has 4 nitrogen and oxygen atoms in total. The molecule has 1 aromatic rings. The van der Waals surface area contributed by atoms with Crippen LogP contribution >= 0.6 is 0 Å². The van der Waals surface area contributed by atoms with Crippen molar-refractivity contribution < 1.29 is 9.84 Å². The van der Waals surface area contributed by atoms with Crippen LogP contribution in [0.1, 0.15) is 26.7 Å². The Kier molecular flexibility index (Phi) is 4.32. The van der Waals surface area contributed by atoms with E-state index in [0.29, 0.717) is 0 Å². The van der Waals surface area contributed by atoms with Crippen LogP contribution in [0.5, 0.6) is 5.75 Å². The molecule has 1 aliphatic rings. The van der Waals surface area contributed by atoms with Crippen molar-refractivity contribution in [3.8, 4) is 5.75 Å². The van der Waals surface area contributed by atoms with Gasteiger partial charge in [-0.2, -0.15) is 0 Å². The first kappa shape index (κ1) is 14.2. The smallest absolute Gasteiger partial charge is 0.119 e. The van der Waals surface area contributed by atoms with E-state index in [1.54, 1.807) is 0 Å². The van der Waals surface area contributed by atoms with E-state index in [1.165, 1.54) is 5.69 Å². The average Bonchev–Trinajstić information content (AvgIpc) is 2.40. The number of aliphatic hydroxyl groups is 1. The average molecular weight is 264 g/mol. The summed E-state index contributed by atoms with van der Waals surface area (Å²) in [6.45, 7) is 5.90. The lowest BCUT2D eigenvalue weighted by molar-refractivity contribution is 0.170. The van der Waals surface area contributed by atoms with E-state index in [-0.39, 0.29) is 12.7 Å². The Balaban J connectivity index is 1.96. The molecule has 106 valence electrons. The van der Waals surface area contributed by atoms with Gasteiger partial charge in [-0.3, -0.25) is 0 Å². The number of rotatable bonds is 4. The molecule has 1 aliphatic heterocycles. The molecule has 0 aliphatic carbocycles. The standard InChI is InChI=1S/C15H24N2O2/c1-12(2)19-14-5-3-13(4-6-14)17-9-7-15(16,11-18)8-10-17/h3-6,12,18H,7-11,16H2,1-2H3. The molecule has 0 amide bonds. The van der Waals surface area contributed by atoms with Crippen LogP contribution in [-0.4, -0.2) is 36.4 Å². The van der Waals surface area contributed by atoms with Crippen LogP contribution in [0.2, 0.25) is 0 Å². The van der Waals surface area contributed by atoms with E-state index < -0.39 is 5.54 Å².